The van der Waals surface area contributed by atoms with E-state index in [1.54, 1.807) is 28.8 Å². The van der Waals surface area contributed by atoms with E-state index >= 15 is 0 Å². The first-order chi connectivity index (χ1) is 11.1. The standard InChI is InChI=1S/C16H13BrClN3OS/c17-13-3-1-2-4-14(13)20-15(22)21(16-19-9-10-23-16)12-7-5-11(18)6-8-12/h1-8H,9-10H2,(H,20,22). The quantitative estimate of drug-likeness (QED) is 0.735. The third kappa shape index (κ3) is 3.88. The minimum absolute atomic E-state index is 0.257. The van der Waals surface area contributed by atoms with Crippen molar-refractivity contribution in [3.8, 4) is 0 Å². The Morgan fingerprint density at radius 1 is 1.22 bits per heavy atom. The number of carbonyl (C=O) groups is 1. The van der Waals surface area contributed by atoms with Gasteiger partial charge in [-0.1, -0.05) is 35.5 Å². The summed E-state index contributed by atoms with van der Waals surface area (Å²) >= 11 is 10.9. The Hall–Kier alpha value is -1.50. The van der Waals surface area contributed by atoms with Crippen molar-refractivity contribution < 1.29 is 4.79 Å². The number of nitrogens with zero attached hydrogens (tertiary/aromatic N) is 2. The molecule has 23 heavy (non-hydrogen) atoms. The lowest BCUT2D eigenvalue weighted by molar-refractivity contribution is 0.259. The number of halogens is 2. The van der Waals surface area contributed by atoms with Gasteiger partial charge in [0.05, 0.1) is 17.9 Å². The van der Waals surface area contributed by atoms with E-state index in [4.69, 9.17) is 11.6 Å². The van der Waals surface area contributed by atoms with Crippen LogP contribution in [0.3, 0.4) is 0 Å². The highest BCUT2D eigenvalue weighted by Gasteiger charge is 2.24. The number of benzene rings is 2. The van der Waals surface area contributed by atoms with Crippen LogP contribution in [0.5, 0.6) is 0 Å². The van der Waals surface area contributed by atoms with Crippen LogP contribution < -0.4 is 10.2 Å². The van der Waals surface area contributed by atoms with Gasteiger partial charge < -0.3 is 5.32 Å². The van der Waals surface area contributed by atoms with Crippen LogP contribution in [0.25, 0.3) is 0 Å². The van der Waals surface area contributed by atoms with Crippen LogP contribution in [0.4, 0.5) is 16.2 Å². The van der Waals surface area contributed by atoms with E-state index in [-0.39, 0.29) is 6.03 Å². The molecule has 1 heterocycles. The minimum atomic E-state index is -0.257. The number of aliphatic imine (C=N–C) groups is 1. The third-order valence-electron chi connectivity index (χ3n) is 3.16. The van der Waals surface area contributed by atoms with Crippen molar-refractivity contribution >= 4 is 61.9 Å². The first-order valence-corrected chi connectivity index (χ1v) is 9.09. The highest BCUT2D eigenvalue weighted by molar-refractivity contribution is 9.10. The maximum absolute atomic E-state index is 12.8. The number of hydrogen-bond donors (Lipinski definition) is 1. The SMILES string of the molecule is O=C(Nc1ccccc1Br)N(C1=NCCS1)c1ccc(Cl)cc1. The molecular weight excluding hydrogens is 398 g/mol. The number of rotatable bonds is 2. The summed E-state index contributed by atoms with van der Waals surface area (Å²) in [4.78, 5) is 18.8. The van der Waals surface area contributed by atoms with Crippen molar-refractivity contribution in [3.05, 3.63) is 58.0 Å². The molecule has 2 aromatic carbocycles. The number of amidine groups is 1. The number of hydrogen-bond acceptors (Lipinski definition) is 3. The first kappa shape index (κ1) is 16.4. The molecule has 2 aromatic rings. The average molecular weight is 411 g/mol. The summed E-state index contributed by atoms with van der Waals surface area (Å²) < 4.78 is 0.824. The molecule has 0 bridgehead atoms. The topological polar surface area (TPSA) is 44.7 Å². The summed E-state index contributed by atoms with van der Waals surface area (Å²) in [6.45, 7) is 0.715. The Balaban J connectivity index is 1.90. The number of urea groups is 1. The zero-order chi connectivity index (χ0) is 16.2. The van der Waals surface area contributed by atoms with Gasteiger partial charge in [0.1, 0.15) is 0 Å². The average Bonchev–Trinajstić information content (AvgIpc) is 3.06. The van der Waals surface area contributed by atoms with Gasteiger partial charge in [0.25, 0.3) is 0 Å². The Morgan fingerprint density at radius 3 is 2.61 bits per heavy atom. The molecule has 1 N–H and O–H groups in total. The van der Waals surface area contributed by atoms with Gasteiger partial charge in [-0.3, -0.25) is 4.99 Å². The first-order valence-electron chi connectivity index (χ1n) is 6.93. The predicted octanol–water partition coefficient (Wildman–Crippen LogP) is 5.24. The third-order valence-corrected chi connectivity index (χ3v) is 5.06. The molecule has 0 unspecified atom stereocenters. The lowest BCUT2D eigenvalue weighted by Crippen LogP contribution is -2.38. The largest absolute Gasteiger partial charge is 0.332 e. The molecule has 118 valence electrons. The Labute approximate surface area is 152 Å². The molecule has 0 aromatic heterocycles. The van der Waals surface area contributed by atoms with Crippen LogP contribution in [0.15, 0.2) is 58.0 Å². The monoisotopic (exact) mass is 409 g/mol. The van der Waals surface area contributed by atoms with Gasteiger partial charge >= 0.3 is 6.03 Å². The van der Waals surface area contributed by atoms with E-state index in [1.165, 1.54) is 0 Å². The van der Waals surface area contributed by atoms with Gasteiger partial charge in [0.15, 0.2) is 5.17 Å². The number of anilines is 2. The van der Waals surface area contributed by atoms with Crippen LogP contribution >= 0.6 is 39.3 Å². The molecule has 4 nitrogen and oxygen atoms in total. The van der Waals surface area contributed by atoms with E-state index in [9.17, 15) is 4.79 Å². The molecule has 2 amide bonds. The van der Waals surface area contributed by atoms with E-state index in [0.29, 0.717) is 22.4 Å². The van der Waals surface area contributed by atoms with Gasteiger partial charge in [-0.15, -0.1) is 0 Å². The Kier molecular flexibility index (Phi) is 5.25. The normalized spacial score (nSPS) is 13.6. The van der Waals surface area contributed by atoms with Crippen LogP contribution in [0.1, 0.15) is 0 Å². The number of nitrogens with one attached hydrogen (secondary N) is 1. The number of amides is 2. The van der Waals surface area contributed by atoms with E-state index in [0.717, 1.165) is 15.9 Å². The second-order valence-corrected chi connectivity index (χ2v) is 7.09. The highest BCUT2D eigenvalue weighted by atomic mass is 79.9. The zero-order valence-electron chi connectivity index (χ0n) is 12.0. The molecule has 0 atom stereocenters. The Morgan fingerprint density at radius 2 is 1.96 bits per heavy atom. The molecule has 0 saturated carbocycles. The molecule has 1 aliphatic heterocycles. The van der Waals surface area contributed by atoms with Crippen LogP contribution in [-0.4, -0.2) is 23.5 Å². The second kappa shape index (κ2) is 7.38. The van der Waals surface area contributed by atoms with Crippen LogP contribution in [-0.2, 0) is 0 Å². The maximum atomic E-state index is 12.8. The van der Waals surface area contributed by atoms with Crippen molar-refractivity contribution in [2.45, 2.75) is 0 Å². The summed E-state index contributed by atoms with van der Waals surface area (Å²) in [7, 11) is 0. The van der Waals surface area contributed by atoms with Crippen LogP contribution in [0.2, 0.25) is 5.02 Å². The Bertz CT molecular complexity index is 751. The number of thioether (sulfide) groups is 1. The van der Waals surface area contributed by atoms with Crippen molar-refractivity contribution in [2.75, 3.05) is 22.5 Å². The van der Waals surface area contributed by atoms with Crippen molar-refractivity contribution in [2.24, 2.45) is 4.99 Å². The molecule has 0 aliphatic carbocycles. The molecule has 0 saturated heterocycles. The number of para-hydroxylation sites is 1. The number of carbonyl (C=O) groups excluding carboxylic acids is 1. The summed E-state index contributed by atoms with van der Waals surface area (Å²) in [5.41, 5.74) is 1.44. The van der Waals surface area contributed by atoms with Crippen molar-refractivity contribution in [3.63, 3.8) is 0 Å². The molecule has 0 radical (unpaired) electrons. The fraction of sp³-hybridized carbons (Fsp3) is 0.125. The smallest absolute Gasteiger partial charge is 0.306 e. The molecule has 1 aliphatic rings. The summed E-state index contributed by atoms with van der Waals surface area (Å²) in [5, 5.41) is 4.23. The zero-order valence-corrected chi connectivity index (χ0v) is 15.2. The minimum Gasteiger partial charge on any atom is -0.306 e. The van der Waals surface area contributed by atoms with Crippen molar-refractivity contribution in [1.29, 1.82) is 0 Å². The fourth-order valence-corrected chi connectivity index (χ4v) is 3.47. The summed E-state index contributed by atoms with van der Waals surface area (Å²) in [5.74, 6) is 0.877. The lowest BCUT2D eigenvalue weighted by Gasteiger charge is -2.22. The molecule has 0 fully saturated rings. The van der Waals surface area contributed by atoms with Gasteiger partial charge in [0, 0.05) is 15.2 Å². The summed E-state index contributed by atoms with van der Waals surface area (Å²) in [6.07, 6.45) is 0. The van der Waals surface area contributed by atoms with Gasteiger partial charge in [-0.05, 0) is 52.3 Å². The van der Waals surface area contributed by atoms with Gasteiger partial charge in [-0.2, -0.15) is 0 Å². The lowest BCUT2D eigenvalue weighted by atomic mass is 10.3. The molecule has 3 rings (SSSR count). The molecular formula is C16H13BrClN3OS. The highest BCUT2D eigenvalue weighted by Crippen LogP contribution is 2.27. The molecule has 7 heteroatoms. The van der Waals surface area contributed by atoms with Gasteiger partial charge in [0.2, 0.25) is 0 Å². The molecule has 0 spiro atoms. The second-order valence-electron chi connectivity index (χ2n) is 4.73. The van der Waals surface area contributed by atoms with E-state index in [1.807, 2.05) is 36.4 Å². The fourth-order valence-electron chi connectivity index (χ4n) is 2.10. The summed E-state index contributed by atoms with van der Waals surface area (Å²) in [6, 6.07) is 14.4. The van der Waals surface area contributed by atoms with Gasteiger partial charge in [-0.25, -0.2) is 9.69 Å². The maximum Gasteiger partial charge on any atom is 0.332 e. The van der Waals surface area contributed by atoms with Crippen molar-refractivity contribution in [1.82, 2.24) is 0 Å². The van der Waals surface area contributed by atoms with E-state index in [2.05, 4.69) is 26.2 Å². The van der Waals surface area contributed by atoms with E-state index < -0.39 is 0 Å². The predicted molar refractivity (Wildman–Crippen MR) is 102 cm³/mol. The van der Waals surface area contributed by atoms with Crippen LogP contribution in [0, 0.1) is 0 Å².